The highest BCUT2D eigenvalue weighted by Crippen LogP contribution is 2.46. The van der Waals surface area contributed by atoms with E-state index in [2.05, 4.69) is 0 Å². The molecule has 4 fully saturated rings. The van der Waals surface area contributed by atoms with E-state index in [0.717, 1.165) is 17.7 Å². The summed E-state index contributed by atoms with van der Waals surface area (Å²) in [6.45, 7) is 9.00. The molecule has 0 radical (unpaired) electrons. The predicted molar refractivity (Wildman–Crippen MR) is 204 cm³/mol. The van der Waals surface area contributed by atoms with Gasteiger partial charge in [0, 0.05) is 36.6 Å². The first-order valence-electron chi connectivity index (χ1n) is 20.1. The van der Waals surface area contributed by atoms with Crippen molar-refractivity contribution >= 4 is 22.3 Å². The highest BCUT2D eigenvalue weighted by molar-refractivity contribution is 6.32. The predicted octanol–water partition coefficient (Wildman–Crippen LogP) is 4.31. The molecule has 14 unspecified atom stereocenters. The number of hydrogen-bond acceptors (Lipinski definition) is 15. The van der Waals surface area contributed by atoms with Crippen LogP contribution in [0.5, 0.6) is 17.2 Å². The van der Waals surface area contributed by atoms with Crippen molar-refractivity contribution in [1.29, 1.82) is 0 Å². The summed E-state index contributed by atoms with van der Waals surface area (Å²) in [5, 5.41) is 65.7. The second-order valence-electron chi connectivity index (χ2n) is 16.5. The SMILES string of the molecule is Cc1cc(C2CC(OC3CC(OC4CC(OC5CCC(O)C(C)O5)C(O)C(C)O4)CC(C)O3)C(O)C(C)O2)c2cc3c(c(O)c2c1)C(=O)c1c(O)ccc(O)c1C3=O. The van der Waals surface area contributed by atoms with E-state index in [0.29, 0.717) is 42.0 Å². The molecule has 15 nitrogen and oxygen atoms in total. The van der Waals surface area contributed by atoms with Gasteiger partial charge >= 0.3 is 0 Å². The monoisotopic (exact) mass is 808 g/mol. The van der Waals surface area contributed by atoms with Gasteiger partial charge in [-0.15, -0.1) is 0 Å². The molecular formula is C43H52O15. The van der Waals surface area contributed by atoms with Crippen molar-refractivity contribution in [1.82, 2.24) is 0 Å². The van der Waals surface area contributed by atoms with Gasteiger partial charge in [0.1, 0.15) is 29.5 Å². The molecule has 58 heavy (non-hydrogen) atoms. The fourth-order valence-electron chi connectivity index (χ4n) is 9.15. The summed E-state index contributed by atoms with van der Waals surface area (Å²) in [6.07, 6.45) is -6.51. The van der Waals surface area contributed by atoms with Gasteiger partial charge in [-0.3, -0.25) is 9.59 Å². The van der Waals surface area contributed by atoms with Gasteiger partial charge in [-0.25, -0.2) is 0 Å². The van der Waals surface area contributed by atoms with Crippen molar-refractivity contribution in [3.63, 3.8) is 0 Å². The van der Waals surface area contributed by atoms with E-state index in [-0.39, 0.29) is 53.4 Å². The van der Waals surface area contributed by atoms with Crippen LogP contribution in [-0.4, -0.2) is 122 Å². The van der Waals surface area contributed by atoms with E-state index < -0.39 is 96.5 Å². The molecular weight excluding hydrogens is 756 g/mol. The van der Waals surface area contributed by atoms with Crippen LogP contribution in [0.25, 0.3) is 10.8 Å². The van der Waals surface area contributed by atoms with Gasteiger partial charge in [-0.05, 0) is 88.2 Å². The summed E-state index contributed by atoms with van der Waals surface area (Å²) in [6, 6.07) is 7.31. The lowest BCUT2D eigenvalue weighted by Crippen LogP contribution is -2.52. The third-order valence-electron chi connectivity index (χ3n) is 12.2. The number of fused-ring (bicyclic) bond motifs is 3. The number of rotatable bonds is 7. The summed E-state index contributed by atoms with van der Waals surface area (Å²) in [7, 11) is 0. The number of aryl methyl sites for hydroxylation is 1. The van der Waals surface area contributed by atoms with E-state index in [9.17, 15) is 40.2 Å². The first kappa shape index (κ1) is 41.0. The molecule has 0 saturated carbocycles. The third kappa shape index (κ3) is 7.62. The lowest BCUT2D eigenvalue weighted by molar-refractivity contribution is -0.317. The largest absolute Gasteiger partial charge is 0.507 e. The number of ether oxygens (including phenoxy) is 7. The van der Waals surface area contributed by atoms with Gasteiger partial charge in [0.25, 0.3) is 0 Å². The smallest absolute Gasteiger partial charge is 0.202 e. The number of aromatic hydroxyl groups is 3. The van der Waals surface area contributed by atoms with E-state index >= 15 is 0 Å². The Balaban J connectivity index is 0.995. The molecule has 14 atom stereocenters. The number of phenols is 3. The molecule has 8 rings (SSSR count). The molecule has 3 aromatic rings. The van der Waals surface area contributed by atoms with Crippen LogP contribution in [0.15, 0.2) is 30.3 Å². The second-order valence-corrected chi connectivity index (χ2v) is 16.5. The molecule has 3 aromatic carbocycles. The number of aliphatic hydroxyl groups is 3. The number of hydrogen-bond donors (Lipinski definition) is 6. The fourth-order valence-corrected chi connectivity index (χ4v) is 9.15. The minimum Gasteiger partial charge on any atom is -0.507 e. The number of benzene rings is 3. The van der Waals surface area contributed by atoms with Crippen LogP contribution in [0.2, 0.25) is 0 Å². The standard InChI is InChI=1S/C43H52O15/c1-17-10-24(23-14-26-36(41(49)25(23)11-17)43(51)38-29(46)7-6-28(45)37(38)42(26)50)30-15-31(39(47)20(4)53-30)58-34-13-22(12-18(2)52-34)56-35-16-32(40(48)21(5)55-35)57-33-9-8-27(44)19(3)54-33/h6-7,10-11,14,18-22,27,30-35,39-40,44-49H,8-9,12-13,15-16H2,1-5H3. The Kier molecular flexibility index (Phi) is 11.3. The number of phenolic OH excluding ortho intramolecular Hbond substituents is 3. The maximum Gasteiger partial charge on any atom is 0.202 e. The zero-order valence-electron chi connectivity index (χ0n) is 33.1. The van der Waals surface area contributed by atoms with Crippen molar-refractivity contribution in [3.8, 4) is 17.2 Å². The number of aliphatic hydroxyl groups excluding tert-OH is 3. The molecule has 15 heteroatoms. The van der Waals surface area contributed by atoms with E-state index in [1.165, 1.54) is 6.07 Å². The van der Waals surface area contributed by atoms with Gasteiger partial charge in [-0.2, -0.15) is 0 Å². The Morgan fingerprint density at radius 3 is 1.95 bits per heavy atom. The van der Waals surface area contributed by atoms with Crippen LogP contribution in [-0.2, 0) is 33.2 Å². The van der Waals surface area contributed by atoms with Crippen molar-refractivity contribution < 1.29 is 73.4 Å². The Labute approximate surface area is 335 Å². The molecule has 5 aliphatic rings. The molecule has 1 aliphatic carbocycles. The van der Waals surface area contributed by atoms with Crippen molar-refractivity contribution in [2.45, 2.75) is 159 Å². The van der Waals surface area contributed by atoms with Crippen LogP contribution < -0.4 is 0 Å². The zero-order valence-corrected chi connectivity index (χ0v) is 33.1. The number of carbonyl (C=O) groups is 2. The van der Waals surface area contributed by atoms with Crippen LogP contribution in [0.4, 0.5) is 0 Å². The van der Waals surface area contributed by atoms with Gasteiger partial charge in [0.2, 0.25) is 5.78 Å². The molecule has 0 spiro atoms. The molecule has 0 aromatic heterocycles. The van der Waals surface area contributed by atoms with Crippen LogP contribution in [0, 0.1) is 6.92 Å². The number of ketones is 2. The summed E-state index contributed by atoms with van der Waals surface area (Å²) in [4.78, 5) is 27.5. The highest BCUT2D eigenvalue weighted by Gasteiger charge is 2.44. The van der Waals surface area contributed by atoms with Gasteiger partial charge in [-0.1, -0.05) is 6.07 Å². The topological polar surface area (TPSA) is 220 Å². The minimum atomic E-state index is -1.03. The lowest BCUT2D eigenvalue weighted by Gasteiger charge is -2.44. The average molecular weight is 809 g/mol. The summed E-state index contributed by atoms with van der Waals surface area (Å²) in [5.74, 6) is -2.90. The molecule has 314 valence electrons. The summed E-state index contributed by atoms with van der Waals surface area (Å²) in [5.41, 5.74) is 0.229. The lowest BCUT2D eigenvalue weighted by atomic mass is 9.80. The van der Waals surface area contributed by atoms with Gasteiger partial charge < -0.3 is 63.8 Å². The summed E-state index contributed by atoms with van der Waals surface area (Å²) >= 11 is 0. The Morgan fingerprint density at radius 1 is 0.621 bits per heavy atom. The Hall–Kier alpha value is -3.74. The zero-order chi connectivity index (χ0) is 41.3. The van der Waals surface area contributed by atoms with Crippen molar-refractivity contribution in [2.75, 3.05) is 0 Å². The van der Waals surface area contributed by atoms with Crippen LogP contribution in [0.3, 0.4) is 0 Å². The normalized spacial score (nSPS) is 36.8. The van der Waals surface area contributed by atoms with E-state index in [1.807, 2.05) is 19.9 Å². The first-order valence-corrected chi connectivity index (χ1v) is 20.1. The Morgan fingerprint density at radius 2 is 1.24 bits per heavy atom. The van der Waals surface area contributed by atoms with E-state index in [1.54, 1.807) is 26.8 Å². The van der Waals surface area contributed by atoms with Crippen molar-refractivity contribution in [3.05, 3.63) is 63.7 Å². The molecule has 4 saturated heterocycles. The molecule has 0 amide bonds. The minimum absolute atomic E-state index is 0.124. The second kappa shape index (κ2) is 16.0. The van der Waals surface area contributed by atoms with Crippen LogP contribution in [0.1, 0.15) is 115 Å². The maximum atomic E-state index is 13.8. The fraction of sp³-hybridized carbons (Fsp3) is 0.581. The third-order valence-corrected chi connectivity index (χ3v) is 12.2. The molecule has 4 heterocycles. The van der Waals surface area contributed by atoms with Crippen molar-refractivity contribution in [2.24, 2.45) is 0 Å². The molecule has 4 aliphatic heterocycles. The Bertz CT molecular complexity index is 2070. The molecule has 0 bridgehead atoms. The average Bonchev–Trinajstić information content (AvgIpc) is 3.16. The maximum absolute atomic E-state index is 13.8. The van der Waals surface area contributed by atoms with Crippen LogP contribution >= 0.6 is 0 Å². The quantitative estimate of drug-likeness (QED) is 0.143. The number of carbonyl (C=O) groups excluding carboxylic acids is 2. The highest BCUT2D eigenvalue weighted by atomic mass is 16.7. The van der Waals surface area contributed by atoms with Gasteiger partial charge in [0.05, 0.1) is 71.6 Å². The first-order chi connectivity index (χ1) is 27.6. The molecule has 6 N–H and O–H groups in total. The summed E-state index contributed by atoms with van der Waals surface area (Å²) < 4.78 is 43.6. The van der Waals surface area contributed by atoms with Gasteiger partial charge in [0.15, 0.2) is 24.7 Å². The van der Waals surface area contributed by atoms with E-state index in [4.69, 9.17) is 33.2 Å².